The average molecular weight is 343 g/mol. The predicted molar refractivity (Wildman–Crippen MR) is 86.6 cm³/mol. The third-order valence-corrected chi connectivity index (χ3v) is 4.13. The summed E-state index contributed by atoms with van der Waals surface area (Å²) in [7, 11) is 0. The van der Waals surface area contributed by atoms with Crippen molar-refractivity contribution in [2.75, 3.05) is 6.61 Å². The number of carbonyl (C=O) groups excluding carboxylic acids is 1. The molecule has 4 nitrogen and oxygen atoms in total. The van der Waals surface area contributed by atoms with E-state index < -0.39 is 0 Å². The van der Waals surface area contributed by atoms with Crippen LogP contribution in [-0.2, 0) is 4.79 Å². The molecule has 7 heteroatoms. The van der Waals surface area contributed by atoms with Gasteiger partial charge in [-0.2, -0.15) is 5.10 Å². The lowest BCUT2D eigenvalue weighted by atomic mass is 10.3. The molecule has 2 aromatic rings. The first-order chi connectivity index (χ1) is 10.1. The Hall–Kier alpha value is -1.56. The number of hydrazone groups is 1. The van der Waals surface area contributed by atoms with E-state index in [1.807, 2.05) is 6.07 Å². The molecule has 0 aliphatic rings. The van der Waals surface area contributed by atoms with E-state index in [-0.39, 0.29) is 12.5 Å². The van der Waals surface area contributed by atoms with Gasteiger partial charge in [-0.15, -0.1) is 11.3 Å². The van der Waals surface area contributed by atoms with Crippen LogP contribution < -0.4 is 10.2 Å². The molecule has 0 saturated carbocycles. The number of carbonyl (C=O) groups is 1. The molecular formula is C14H12Cl2N2O2S. The maximum absolute atomic E-state index is 11.7. The van der Waals surface area contributed by atoms with Gasteiger partial charge in [0.25, 0.3) is 5.91 Å². The molecule has 1 N–H and O–H groups in total. The highest BCUT2D eigenvalue weighted by Crippen LogP contribution is 2.23. The van der Waals surface area contributed by atoms with Crippen molar-refractivity contribution in [1.29, 1.82) is 0 Å². The SMILES string of the molecule is C/C(=N/NC(=O)COc1ccccc1Cl)c1ccc(Cl)s1. The second-order valence-corrected chi connectivity index (χ2v) is 6.18. The number of hydrogen-bond donors (Lipinski definition) is 1. The molecule has 0 spiro atoms. The van der Waals surface area contributed by atoms with Gasteiger partial charge in [0.15, 0.2) is 6.61 Å². The second-order valence-electron chi connectivity index (χ2n) is 4.06. The molecule has 110 valence electrons. The maximum Gasteiger partial charge on any atom is 0.277 e. The first kappa shape index (κ1) is 15.8. The molecule has 1 aromatic carbocycles. The van der Waals surface area contributed by atoms with Gasteiger partial charge in [-0.05, 0) is 31.2 Å². The van der Waals surface area contributed by atoms with E-state index in [0.29, 0.717) is 20.8 Å². The molecule has 1 aromatic heterocycles. The van der Waals surface area contributed by atoms with E-state index in [1.54, 1.807) is 37.3 Å². The van der Waals surface area contributed by atoms with Crippen LogP contribution in [0.1, 0.15) is 11.8 Å². The van der Waals surface area contributed by atoms with Crippen LogP contribution in [0.5, 0.6) is 5.75 Å². The van der Waals surface area contributed by atoms with Gasteiger partial charge in [-0.3, -0.25) is 4.79 Å². The summed E-state index contributed by atoms with van der Waals surface area (Å²) in [6.45, 7) is 1.63. The standard InChI is InChI=1S/C14H12Cl2N2O2S/c1-9(12-6-7-13(16)21-12)17-18-14(19)8-20-11-5-3-2-4-10(11)15/h2-7H,8H2,1H3,(H,18,19)/b17-9-. The van der Waals surface area contributed by atoms with Crippen LogP contribution >= 0.6 is 34.5 Å². The summed E-state index contributed by atoms with van der Waals surface area (Å²) in [5, 5.41) is 4.45. The second kappa shape index (κ2) is 7.45. The lowest BCUT2D eigenvalue weighted by Crippen LogP contribution is -2.25. The fourth-order valence-electron chi connectivity index (χ4n) is 1.45. The molecule has 0 radical (unpaired) electrons. The third-order valence-electron chi connectivity index (χ3n) is 2.47. The minimum atomic E-state index is -0.364. The quantitative estimate of drug-likeness (QED) is 0.660. The van der Waals surface area contributed by atoms with E-state index >= 15 is 0 Å². The molecule has 0 atom stereocenters. The Morgan fingerprint density at radius 1 is 1.29 bits per heavy atom. The fourth-order valence-corrected chi connectivity index (χ4v) is 2.63. The van der Waals surface area contributed by atoms with Crippen LogP contribution in [0, 0.1) is 0 Å². The molecule has 0 aliphatic carbocycles. The highest BCUT2D eigenvalue weighted by molar-refractivity contribution is 7.18. The Kier molecular flexibility index (Phi) is 5.61. The number of halogens is 2. The first-order valence-electron chi connectivity index (χ1n) is 6.02. The minimum absolute atomic E-state index is 0.161. The molecule has 1 amide bonds. The summed E-state index contributed by atoms with van der Waals surface area (Å²) in [6.07, 6.45) is 0. The van der Waals surface area contributed by atoms with Crippen molar-refractivity contribution in [3.05, 3.63) is 50.6 Å². The molecule has 0 saturated heterocycles. The lowest BCUT2D eigenvalue weighted by molar-refractivity contribution is -0.123. The first-order valence-corrected chi connectivity index (χ1v) is 7.59. The number of ether oxygens (including phenoxy) is 1. The number of nitrogens with zero attached hydrogens (tertiary/aromatic N) is 1. The number of hydrogen-bond acceptors (Lipinski definition) is 4. The summed E-state index contributed by atoms with van der Waals surface area (Å²) >= 11 is 13.2. The minimum Gasteiger partial charge on any atom is -0.482 e. The highest BCUT2D eigenvalue weighted by atomic mass is 35.5. The van der Waals surface area contributed by atoms with Gasteiger partial charge in [0.1, 0.15) is 5.75 Å². The van der Waals surface area contributed by atoms with E-state index in [0.717, 1.165) is 4.88 Å². The van der Waals surface area contributed by atoms with Crippen LogP contribution in [0.15, 0.2) is 41.5 Å². The average Bonchev–Trinajstić information content (AvgIpc) is 2.90. The van der Waals surface area contributed by atoms with Gasteiger partial charge in [0.2, 0.25) is 0 Å². The summed E-state index contributed by atoms with van der Waals surface area (Å²) in [5.74, 6) is 0.0944. The number of rotatable bonds is 5. The van der Waals surface area contributed by atoms with Gasteiger partial charge in [-0.25, -0.2) is 5.43 Å². The highest BCUT2D eigenvalue weighted by Gasteiger charge is 2.06. The number of benzene rings is 1. The zero-order chi connectivity index (χ0) is 15.2. The van der Waals surface area contributed by atoms with Gasteiger partial charge in [0.05, 0.1) is 19.9 Å². The summed E-state index contributed by atoms with van der Waals surface area (Å²) in [5.41, 5.74) is 3.10. The molecular weight excluding hydrogens is 331 g/mol. The Labute approximate surface area is 136 Å². The molecule has 21 heavy (non-hydrogen) atoms. The summed E-state index contributed by atoms with van der Waals surface area (Å²) in [4.78, 5) is 12.6. The summed E-state index contributed by atoms with van der Waals surface area (Å²) in [6, 6.07) is 10.6. The Balaban J connectivity index is 1.86. The van der Waals surface area contributed by atoms with Crippen LogP contribution in [0.4, 0.5) is 0 Å². The zero-order valence-electron chi connectivity index (χ0n) is 11.1. The lowest BCUT2D eigenvalue weighted by Gasteiger charge is -2.06. The molecule has 0 fully saturated rings. The smallest absolute Gasteiger partial charge is 0.277 e. The van der Waals surface area contributed by atoms with Crippen LogP contribution in [-0.4, -0.2) is 18.2 Å². The summed E-state index contributed by atoms with van der Waals surface area (Å²) < 4.78 is 5.98. The van der Waals surface area contributed by atoms with E-state index in [2.05, 4.69) is 10.5 Å². The molecule has 0 unspecified atom stereocenters. The Morgan fingerprint density at radius 3 is 2.71 bits per heavy atom. The number of amides is 1. The van der Waals surface area contributed by atoms with Crippen molar-refractivity contribution < 1.29 is 9.53 Å². The molecule has 0 aliphatic heterocycles. The zero-order valence-corrected chi connectivity index (χ0v) is 13.4. The number of nitrogens with one attached hydrogen (secondary N) is 1. The monoisotopic (exact) mass is 342 g/mol. The largest absolute Gasteiger partial charge is 0.482 e. The van der Waals surface area contributed by atoms with Crippen LogP contribution in [0.3, 0.4) is 0 Å². The molecule has 0 bridgehead atoms. The number of para-hydroxylation sites is 1. The van der Waals surface area contributed by atoms with Crippen molar-refractivity contribution in [1.82, 2.24) is 5.43 Å². The van der Waals surface area contributed by atoms with E-state index in [9.17, 15) is 4.79 Å². The predicted octanol–water partition coefficient (Wildman–Crippen LogP) is 3.97. The van der Waals surface area contributed by atoms with E-state index in [4.69, 9.17) is 27.9 Å². The maximum atomic E-state index is 11.7. The van der Waals surface area contributed by atoms with Gasteiger partial charge in [0, 0.05) is 0 Å². The fraction of sp³-hybridized carbons (Fsp3) is 0.143. The van der Waals surface area contributed by atoms with Crippen molar-refractivity contribution in [3.8, 4) is 5.75 Å². The van der Waals surface area contributed by atoms with Crippen molar-refractivity contribution in [3.63, 3.8) is 0 Å². The van der Waals surface area contributed by atoms with Crippen LogP contribution in [0.25, 0.3) is 0 Å². The van der Waals surface area contributed by atoms with E-state index in [1.165, 1.54) is 11.3 Å². The third kappa shape index (κ3) is 4.74. The van der Waals surface area contributed by atoms with Crippen molar-refractivity contribution in [2.45, 2.75) is 6.92 Å². The Morgan fingerprint density at radius 2 is 2.05 bits per heavy atom. The Bertz CT molecular complexity index is 670. The molecule has 2 rings (SSSR count). The topological polar surface area (TPSA) is 50.7 Å². The van der Waals surface area contributed by atoms with Crippen molar-refractivity contribution >= 4 is 46.2 Å². The van der Waals surface area contributed by atoms with Gasteiger partial charge >= 0.3 is 0 Å². The normalized spacial score (nSPS) is 11.3. The molecule has 1 heterocycles. The van der Waals surface area contributed by atoms with Crippen molar-refractivity contribution in [2.24, 2.45) is 5.10 Å². The van der Waals surface area contributed by atoms with Gasteiger partial charge in [-0.1, -0.05) is 35.3 Å². The number of thiophene rings is 1. The van der Waals surface area contributed by atoms with Crippen LogP contribution in [0.2, 0.25) is 9.36 Å². The van der Waals surface area contributed by atoms with Gasteiger partial charge < -0.3 is 4.74 Å².